The van der Waals surface area contributed by atoms with Crippen molar-refractivity contribution in [2.75, 3.05) is 13.1 Å². The van der Waals surface area contributed by atoms with Gasteiger partial charge in [-0.05, 0) is 24.5 Å². The fourth-order valence-electron chi connectivity index (χ4n) is 1.31. The molecule has 0 spiro atoms. The van der Waals surface area contributed by atoms with Crippen molar-refractivity contribution in [3.8, 4) is 0 Å². The first-order chi connectivity index (χ1) is 8.61. The van der Waals surface area contributed by atoms with Crippen LogP contribution in [0.15, 0.2) is 23.3 Å². The van der Waals surface area contributed by atoms with E-state index in [-0.39, 0.29) is 0 Å². The lowest BCUT2D eigenvalue weighted by atomic mass is 10.2. The number of guanidine groups is 1. The number of aliphatic imine (C=N–C) groups is 1. The van der Waals surface area contributed by atoms with Gasteiger partial charge in [0.2, 0.25) is 0 Å². The number of pyridine rings is 1. The van der Waals surface area contributed by atoms with Gasteiger partial charge in [0.15, 0.2) is 5.96 Å². The number of halogens is 1. The normalized spacial score (nSPS) is 11.7. The Morgan fingerprint density at radius 1 is 1.39 bits per heavy atom. The molecule has 1 aromatic heterocycles. The Morgan fingerprint density at radius 2 is 2.17 bits per heavy atom. The molecule has 0 bridgehead atoms. The highest BCUT2D eigenvalue weighted by atomic mass is 35.5. The van der Waals surface area contributed by atoms with Crippen LogP contribution in [-0.2, 0) is 6.54 Å². The fourth-order valence-corrected chi connectivity index (χ4v) is 1.42. The number of rotatable bonds is 5. The van der Waals surface area contributed by atoms with Crippen molar-refractivity contribution in [2.24, 2.45) is 10.9 Å². The largest absolute Gasteiger partial charge is 0.357 e. The third-order valence-corrected chi connectivity index (χ3v) is 2.45. The summed E-state index contributed by atoms with van der Waals surface area (Å²) in [5.74, 6) is 1.42. The lowest BCUT2D eigenvalue weighted by molar-refractivity contribution is 0.615. The molecule has 18 heavy (non-hydrogen) atoms. The minimum Gasteiger partial charge on any atom is -0.357 e. The average Bonchev–Trinajstić information content (AvgIpc) is 2.34. The SMILES string of the molecule is CCNC(=NCc1ccc(Cl)nc1)NCC(C)C. The summed E-state index contributed by atoms with van der Waals surface area (Å²) in [5.41, 5.74) is 1.04. The number of nitrogens with zero attached hydrogens (tertiary/aromatic N) is 2. The Bertz CT molecular complexity index is 373. The van der Waals surface area contributed by atoms with Gasteiger partial charge in [-0.1, -0.05) is 31.5 Å². The molecular formula is C13H21ClN4. The Balaban J connectivity index is 2.56. The number of aromatic nitrogens is 1. The Labute approximate surface area is 114 Å². The monoisotopic (exact) mass is 268 g/mol. The summed E-state index contributed by atoms with van der Waals surface area (Å²) >= 11 is 5.74. The van der Waals surface area contributed by atoms with E-state index < -0.39 is 0 Å². The molecule has 1 rings (SSSR count). The fraction of sp³-hybridized carbons (Fsp3) is 0.538. The molecule has 0 aliphatic carbocycles. The number of nitrogens with one attached hydrogen (secondary N) is 2. The van der Waals surface area contributed by atoms with Gasteiger partial charge in [0.25, 0.3) is 0 Å². The third kappa shape index (κ3) is 5.87. The highest BCUT2D eigenvalue weighted by Gasteiger charge is 1.99. The van der Waals surface area contributed by atoms with E-state index in [1.54, 1.807) is 12.3 Å². The first kappa shape index (κ1) is 14.8. The van der Waals surface area contributed by atoms with Crippen LogP contribution in [0.5, 0.6) is 0 Å². The number of hydrogen-bond donors (Lipinski definition) is 2. The second-order valence-corrected chi connectivity index (χ2v) is 4.85. The molecule has 2 N–H and O–H groups in total. The predicted molar refractivity (Wildman–Crippen MR) is 76.9 cm³/mol. The molecule has 0 saturated heterocycles. The molecule has 0 aromatic carbocycles. The minimum absolute atomic E-state index is 0.507. The van der Waals surface area contributed by atoms with Crippen LogP contribution in [0.3, 0.4) is 0 Å². The second-order valence-electron chi connectivity index (χ2n) is 4.46. The molecule has 0 unspecified atom stereocenters. The third-order valence-electron chi connectivity index (χ3n) is 2.23. The van der Waals surface area contributed by atoms with Crippen molar-refractivity contribution in [1.82, 2.24) is 15.6 Å². The highest BCUT2D eigenvalue weighted by Crippen LogP contribution is 2.05. The van der Waals surface area contributed by atoms with Gasteiger partial charge in [0.1, 0.15) is 5.15 Å². The minimum atomic E-state index is 0.507. The van der Waals surface area contributed by atoms with Crippen molar-refractivity contribution < 1.29 is 0 Å². The Morgan fingerprint density at radius 3 is 2.72 bits per heavy atom. The van der Waals surface area contributed by atoms with Gasteiger partial charge in [-0.25, -0.2) is 9.98 Å². The standard InChI is InChI=1S/C13H21ClN4/c1-4-15-13(17-7-10(2)3)18-9-11-5-6-12(14)16-8-11/h5-6,8,10H,4,7,9H2,1-3H3,(H2,15,17,18). The molecule has 1 aromatic rings. The maximum absolute atomic E-state index is 5.74. The molecule has 0 aliphatic rings. The van der Waals surface area contributed by atoms with Gasteiger partial charge in [-0.2, -0.15) is 0 Å². The van der Waals surface area contributed by atoms with Crippen LogP contribution in [0.2, 0.25) is 5.15 Å². The molecule has 0 aliphatic heterocycles. The van der Waals surface area contributed by atoms with Crippen molar-refractivity contribution in [3.05, 3.63) is 29.0 Å². The van der Waals surface area contributed by atoms with Crippen molar-refractivity contribution in [1.29, 1.82) is 0 Å². The molecule has 4 nitrogen and oxygen atoms in total. The topological polar surface area (TPSA) is 49.3 Å². The Hall–Kier alpha value is -1.29. The van der Waals surface area contributed by atoms with E-state index in [2.05, 4.69) is 41.4 Å². The van der Waals surface area contributed by atoms with Crippen LogP contribution >= 0.6 is 11.6 Å². The summed E-state index contributed by atoms with van der Waals surface area (Å²) in [5, 5.41) is 7.01. The van der Waals surface area contributed by atoms with E-state index in [1.165, 1.54) is 0 Å². The molecular weight excluding hydrogens is 248 g/mol. The Kier molecular flexibility index (Phi) is 6.50. The summed E-state index contributed by atoms with van der Waals surface area (Å²) in [6.45, 7) is 8.74. The maximum Gasteiger partial charge on any atom is 0.191 e. The highest BCUT2D eigenvalue weighted by molar-refractivity contribution is 6.29. The first-order valence-corrected chi connectivity index (χ1v) is 6.62. The zero-order valence-electron chi connectivity index (χ0n) is 11.2. The smallest absolute Gasteiger partial charge is 0.191 e. The van der Waals surface area contributed by atoms with E-state index in [4.69, 9.17) is 11.6 Å². The van der Waals surface area contributed by atoms with Crippen molar-refractivity contribution in [3.63, 3.8) is 0 Å². The predicted octanol–water partition coefficient (Wildman–Crippen LogP) is 2.45. The van der Waals surface area contributed by atoms with E-state index in [0.29, 0.717) is 17.6 Å². The average molecular weight is 269 g/mol. The van der Waals surface area contributed by atoms with E-state index in [0.717, 1.165) is 24.6 Å². The lowest BCUT2D eigenvalue weighted by Crippen LogP contribution is -2.39. The van der Waals surface area contributed by atoms with Crippen LogP contribution in [-0.4, -0.2) is 24.0 Å². The van der Waals surface area contributed by atoms with Gasteiger partial charge in [0, 0.05) is 19.3 Å². The zero-order chi connectivity index (χ0) is 13.4. The first-order valence-electron chi connectivity index (χ1n) is 6.24. The van der Waals surface area contributed by atoms with E-state index in [9.17, 15) is 0 Å². The lowest BCUT2D eigenvalue weighted by Gasteiger charge is -2.12. The maximum atomic E-state index is 5.74. The molecule has 0 amide bonds. The van der Waals surface area contributed by atoms with E-state index >= 15 is 0 Å². The molecule has 0 radical (unpaired) electrons. The van der Waals surface area contributed by atoms with Gasteiger partial charge in [-0.3, -0.25) is 0 Å². The molecule has 0 saturated carbocycles. The summed E-state index contributed by atoms with van der Waals surface area (Å²) in [6.07, 6.45) is 1.75. The van der Waals surface area contributed by atoms with Crippen molar-refractivity contribution in [2.45, 2.75) is 27.3 Å². The van der Waals surface area contributed by atoms with Crippen molar-refractivity contribution >= 4 is 17.6 Å². The molecule has 5 heteroatoms. The molecule has 0 atom stereocenters. The summed E-state index contributed by atoms with van der Waals surface area (Å²) in [6, 6.07) is 3.71. The van der Waals surface area contributed by atoms with Gasteiger partial charge in [-0.15, -0.1) is 0 Å². The summed E-state index contributed by atoms with van der Waals surface area (Å²) in [7, 11) is 0. The van der Waals surface area contributed by atoms with Gasteiger partial charge in [0.05, 0.1) is 6.54 Å². The van der Waals surface area contributed by atoms with Crippen LogP contribution in [0.4, 0.5) is 0 Å². The van der Waals surface area contributed by atoms with Gasteiger partial charge < -0.3 is 10.6 Å². The molecule has 1 heterocycles. The summed E-state index contributed by atoms with van der Waals surface area (Å²) < 4.78 is 0. The zero-order valence-corrected chi connectivity index (χ0v) is 12.0. The quantitative estimate of drug-likeness (QED) is 0.490. The van der Waals surface area contributed by atoms with E-state index in [1.807, 2.05) is 6.07 Å². The summed E-state index contributed by atoms with van der Waals surface area (Å²) in [4.78, 5) is 8.53. The molecule has 0 fully saturated rings. The van der Waals surface area contributed by atoms with Crippen LogP contribution in [0.25, 0.3) is 0 Å². The number of hydrogen-bond acceptors (Lipinski definition) is 2. The van der Waals surface area contributed by atoms with Gasteiger partial charge >= 0.3 is 0 Å². The molecule has 100 valence electrons. The van der Waals surface area contributed by atoms with Crippen LogP contribution in [0, 0.1) is 5.92 Å². The van der Waals surface area contributed by atoms with Crippen LogP contribution < -0.4 is 10.6 Å². The second kappa shape index (κ2) is 7.93. The van der Waals surface area contributed by atoms with Crippen LogP contribution in [0.1, 0.15) is 26.3 Å².